The van der Waals surface area contributed by atoms with Crippen LogP contribution in [0.2, 0.25) is 0 Å². The summed E-state index contributed by atoms with van der Waals surface area (Å²) >= 11 is 0. The van der Waals surface area contributed by atoms with Gasteiger partial charge in [-0.25, -0.2) is 0 Å². The van der Waals surface area contributed by atoms with Crippen LogP contribution in [0.25, 0.3) is 0 Å². The minimum Gasteiger partial charge on any atom is -0.312 e. The van der Waals surface area contributed by atoms with E-state index in [1.807, 2.05) is 0 Å². The Morgan fingerprint density at radius 1 is 1.08 bits per heavy atom. The van der Waals surface area contributed by atoms with E-state index in [4.69, 9.17) is 0 Å². The zero-order chi connectivity index (χ0) is 8.86. The fraction of sp³-hybridized carbons (Fsp3) is 1.00. The quantitative estimate of drug-likeness (QED) is 0.577. The molecule has 72 valence electrons. The Labute approximate surface area is 76.9 Å². The molecule has 1 nitrogen and oxygen atoms in total. The molecule has 0 heterocycles. The van der Waals surface area contributed by atoms with E-state index >= 15 is 0 Å². The maximum Gasteiger partial charge on any atom is 0.0182 e. The Hall–Kier alpha value is -0.0400. The number of rotatable bonds is 7. The molecule has 1 aliphatic carbocycles. The molecule has 1 rings (SSSR count). The number of nitrogens with one attached hydrogen (secondary N) is 1. The molecular formula is C11H23N. The predicted molar refractivity (Wildman–Crippen MR) is 54.4 cm³/mol. The van der Waals surface area contributed by atoms with Gasteiger partial charge in [-0.2, -0.15) is 0 Å². The van der Waals surface area contributed by atoms with Crippen molar-refractivity contribution in [2.75, 3.05) is 6.54 Å². The summed E-state index contributed by atoms with van der Waals surface area (Å²) in [7, 11) is 0. The molecule has 1 saturated carbocycles. The first kappa shape index (κ1) is 10.0. The lowest BCUT2D eigenvalue weighted by Crippen LogP contribution is -2.30. The molecule has 0 saturated heterocycles. The fourth-order valence-corrected chi connectivity index (χ4v) is 1.93. The van der Waals surface area contributed by atoms with Crippen LogP contribution in [0.15, 0.2) is 0 Å². The summed E-state index contributed by atoms with van der Waals surface area (Å²) < 4.78 is 0. The van der Waals surface area contributed by atoms with Crippen LogP contribution in [0.4, 0.5) is 0 Å². The third kappa shape index (κ3) is 3.14. The smallest absolute Gasteiger partial charge is 0.0182 e. The maximum absolute atomic E-state index is 3.61. The van der Waals surface area contributed by atoms with Gasteiger partial charge in [0.2, 0.25) is 0 Å². The molecule has 0 unspecified atom stereocenters. The predicted octanol–water partition coefficient (Wildman–Crippen LogP) is 3.10. The van der Waals surface area contributed by atoms with Gasteiger partial charge in [-0.1, -0.05) is 39.5 Å². The molecule has 1 heteroatoms. The maximum atomic E-state index is 3.61. The highest BCUT2D eigenvalue weighted by Crippen LogP contribution is 2.39. The van der Waals surface area contributed by atoms with Crippen LogP contribution in [0, 0.1) is 0 Å². The van der Waals surface area contributed by atoms with E-state index in [2.05, 4.69) is 19.2 Å². The summed E-state index contributed by atoms with van der Waals surface area (Å²) in [4.78, 5) is 0. The van der Waals surface area contributed by atoms with E-state index in [1.54, 1.807) is 0 Å². The number of unbranched alkanes of at least 4 members (excludes halogenated alkanes) is 3. The molecule has 0 aromatic rings. The summed E-state index contributed by atoms with van der Waals surface area (Å²) in [6, 6.07) is 0. The van der Waals surface area contributed by atoms with Crippen molar-refractivity contribution in [3.8, 4) is 0 Å². The normalized spacial score (nSPS) is 19.5. The van der Waals surface area contributed by atoms with Gasteiger partial charge in [-0.3, -0.25) is 0 Å². The molecule has 0 aliphatic heterocycles. The number of hydrogen-bond donors (Lipinski definition) is 1. The topological polar surface area (TPSA) is 12.0 Å². The molecule has 0 spiro atoms. The minimum absolute atomic E-state index is 0.600. The summed E-state index contributed by atoms with van der Waals surface area (Å²) in [6.07, 6.45) is 9.90. The Morgan fingerprint density at radius 3 is 2.33 bits per heavy atom. The van der Waals surface area contributed by atoms with E-state index in [-0.39, 0.29) is 0 Å². The lowest BCUT2D eigenvalue weighted by Gasteiger charge is -2.15. The summed E-state index contributed by atoms with van der Waals surface area (Å²) in [5.74, 6) is 0. The summed E-state index contributed by atoms with van der Waals surface area (Å²) in [5.41, 5.74) is 0.600. The molecule has 1 aliphatic rings. The molecule has 1 fully saturated rings. The zero-order valence-electron chi connectivity index (χ0n) is 8.66. The SMILES string of the molecule is CCCCCCC1(NCC)CC1. The molecule has 0 aromatic heterocycles. The van der Waals surface area contributed by atoms with Gasteiger partial charge in [0, 0.05) is 5.54 Å². The van der Waals surface area contributed by atoms with E-state index in [0.29, 0.717) is 5.54 Å². The van der Waals surface area contributed by atoms with Crippen LogP contribution in [-0.4, -0.2) is 12.1 Å². The van der Waals surface area contributed by atoms with Crippen LogP contribution < -0.4 is 5.32 Å². The molecular weight excluding hydrogens is 146 g/mol. The van der Waals surface area contributed by atoms with E-state index in [0.717, 1.165) is 6.54 Å². The molecule has 0 radical (unpaired) electrons. The average Bonchev–Trinajstić information content (AvgIpc) is 2.81. The van der Waals surface area contributed by atoms with Crippen molar-refractivity contribution >= 4 is 0 Å². The highest BCUT2D eigenvalue weighted by atomic mass is 15.0. The zero-order valence-corrected chi connectivity index (χ0v) is 8.66. The third-order valence-electron chi connectivity index (χ3n) is 2.91. The standard InChI is InChI=1S/C11H23N/c1-3-5-6-7-8-11(9-10-11)12-4-2/h12H,3-10H2,1-2H3. The van der Waals surface area contributed by atoms with Crippen molar-refractivity contribution in [2.45, 2.75) is 64.3 Å². The van der Waals surface area contributed by atoms with Gasteiger partial charge in [-0.15, -0.1) is 0 Å². The third-order valence-corrected chi connectivity index (χ3v) is 2.91. The van der Waals surface area contributed by atoms with E-state index in [1.165, 1.54) is 44.9 Å². The molecule has 12 heavy (non-hydrogen) atoms. The highest BCUT2D eigenvalue weighted by Gasteiger charge is 2.40. The van der Waals surface area contributed by atoms with Gasteiger partial charge in [-0.05, 0) is 25.8 Å². The largest absolute Gasteiger partial charge is 0.312 e. The first-order valence-electron chi connectivity index (χ1n) is 5.58. The van der Waals surface area contributed by atoms with Crippen LogP contribution in [0.5, 0.6) is 0 Å². The van der Waals surface area contributed by atoms with Crippen molar-refractivity contribution in [3.05, 3.63) is 0 Å². The molecule has 1 N–H and O–H groups in total. The molecule has 0 aromatic carbocycles. The van der Waals surface area contributed by atoms with Gasteiger partial charge in [0.05, 0.1) is 0 Å². The second-order valence-corrected chi connectivity index (χ2v) is 4.12. The second kappa shape index (κ2) is 4.86. The van der Waals surface area contributed by atoms with Crippen molar-refractivity contribution in [3.63, 3.8) is 0 Å². The van der Waals surface area contributed by atoms with Gasteiger partial charge in [0.15, 0.2) is 0 Å². The first-order valence-corrected chi connectivity index (χ1v) is 5.58. The monoisotopic (exact) mass is 169 g/mol. The van der Waals surface area contributed by atoms with Gasteiger partial charge >= 0.3 is 0 Å². The average molecular weight is 169 g/mol. The lowest BCUT2D eigenvalue weighted by atomic mass is 10.1. The summed E-state index contributed by atoms with van der Waals surface area (Å²) in [6.45, 7) is 5.64. The second-order valence-electron chi connectivity index (χ2n) is 4.12. The van der Waals surface area contributed by atoms with Crippen molar-refractivity contribution in [1.29, 1.82) is 0 Å². The number of hydrogen-bond acceptors (Lipinski definition) is 1. The fourth-order valence-electron chi connectivity index (χ4n) is 1.93. The van der Waals surface area contributed by atoms with E-state index in [9.17, 15) is 0 Å². The lowest BCUT2D eigenvalue weighted by molar-refractivity contribution is 0.450. The Balaban J connectivity index is 1.98. The Kier molecular flexibility index (Phi) is 4.07. The van der Waals surface area contributed by atoms with Crippen LogP contribution in [0.3, 0.4) is 0 Å². The van der Waals surface area contributed by atoms with Crippen molar-refractivity contribution < 1.29 is 0 Å². The van der Waals surface area contributed by atoms with Crippen molar-refractivity contribution in [2.24, 2.45) is 0 Å². The van der Waals surface area contributed by atoms with E-state index < -0.39 is 0 Å². The molecule has 0 bridgehead atoms. The van der Waals surface area contributed by atoms with Crippen LogP contribution in [0.1, 0.15) is 58.8 Å². The van der Waals surface area contributed by atoms with Crippen LogP contribution >= 0.6 is 0 Å². The molecule has 0 amide bonds. The Bertz CT molecular complexity index is 116. The summed E-state index contributed by atoms with van der Waals surface area (Å²) in [5, 5.41) is 3.61. The first-order chi connectivity index (χ1) is 5.83. The Morgan fingerprint density at radius 2 is 1.83 bits per heavy atom. The minimum atomic E-state index is 0.600. The molecule has 0 atom stereocenters. The van der Waals surface area contributed by atoms with Gasteiger partial charge in [0.25, 0.3) is 0 Å². The highest BCUT2D eigenvalue weighted by molar-refractivity contribution is 5.01. The van der Waals surface area contributed by atoms with Gasteiger partial charge in [0.1, 0.15) is 0 Å². The van der Waals surface area contributed by atoms with Gasteiger partial charge < -0.3 is 5.32 Å². The van der Waals surface area contributed by atoms with Crippen LogP contribution in [-0.2, 0) is 0 Å². The van der Waals surface area contributed by atoms with Crippen molar-refractivity contribution in [1.82, 2.24) is 5.32 Å².